The predicted octanol–water partition coefficient (Wildman–Crippen LogP) is 2.82. The molecule has 1 spiro atoms. The van der Waals surface area contributed by atoms with Gasteiger partial charge in [0.25, 0.3) is 0 Å². The molecule has 2 atom stereocenters. The van der Waals surface area contributed by atoms with E-state index in [1.807, 2.05) is 6.07 Å². The Balaban J connectivity index is 0.00000300. The molecule has 2 aliphatic carbocycles. The molecule has 7 heteroatoms. The van der Waals surface area contributed by atoms with Gasteiger partial charge in [-0.05, 0) is 38.2 Å². The van der Waals surface area contributed by atoms with E-state index in [-0.39, 0.29) is 41.8 Å². The molecule has 162 valence electrons. The number of likely N-dealkylation sites (N-methyl/N-ethyl adjacent to an activating group) is 1. The first-order chi connectivity index (χ1) is 13.5. The second-order valence-corrected chi connectivity index (χ2v) is 8.08. The molecule has 2 saturated carbocycles. The van der Waals surface area contributed by atoms with E-state index in [0.29, 0.717) is 12.1 Å². The molecule has 2 fully saturated rings. The smallest absolute Gasteiger partial charge is 0.243 e. The van der Waals surface area contributed by atoms with Crippen molar-refractivity contribution in [3.05, 3.63) is 35.9 Å². The van der Waals surface area contributed by atoms with Crippen LogP contribution in [0.1, 0.15) is 38.2 Å². The maximum Gasteiger partial charge on any atom is 0.243 e. The van der Waals surface area contributed by atoms with E-state index in [4.69, 9.17) is 4.74 Å². The highest BCUT2D eigenvalue weighted by Crippen LogP contribution is 2.57. The normalized spacial score (nSPS) is 22.1. The van der Waals surface area contributed by atoms with E-state index in [2.05, 4.69) is 46.8 Å². The lowest BCUT2D eigenvalue weighted by Crippen LogP contribution is -2.68. The number of carbonyl (C=O) groups excluding carboxylic acids is 1. The zero-order valence-electron chi connectivity index (χ0n) is 17.8. The number of rotatable bonds is 8. The number of hydrogen-bond acceptors (Lipinski definition) is 3. The number of halogens is 1. The van der Waals surface area contributed by atoms with E-state index < -0.39 is 0 Å². The van der Waals surface area contributed by atoms with Crippen LogP contribution >= 0.6 is 24.0 Å². The minimum atomic E-state index is 0. The van der Waals surface area contributed by atoms with Crippen LogP contribution in [0.5, 0.6) is 0 Å². The van der Waals surface area contributed by atoms with Crippen LogP contribution in [0.25, 0.3) is 0 Å². The lowest BCUT2D eigenvalue weighted by molar-refractivity contribution is -0.168. The van der Waals surface area contributed by atoms with E-state index in [1.165, 1.54) is 24.8 Å². The van der Waals surface area contributed by atoms with Gasteiger partial charge in [-0.25, -0.2) is 4.99 Å². The molecule has 29 heavy (non-hydrogen) atoms. The number of guanidine groups is 1. The number of benzene rings is 1. The van der Waals surface area contributed by atoms with Crippen molar-refractivity contribution in [1.29, 1.82) is 0 Å². The second kappa shape index (κ2) is 11.2. The lowest BCUT2D eigenvalue weighted by atomic mass is 9.51. The Hall–Kier alpha value is -1.35. The molecule has 2 aliphatic rings. The summed E-state index contributed by atoms with van der Waals surface area (Å²) in [4.78, 5) is 18.1. The van der Waals surface area contributed by atoms with Crippen LogP contribution in [0.4, 0.5) is 0 Å². The Kier molecular flexibility index (Phi) is 9.20. The van der Waals surface area contributed by atoms with Gasteiger partial charge in [0.15, 0.2) is 5.96 Å². The van der Waals surface area contributed by atoms with Gasteiger partial charge in [0.05, 0.1) is 6.10 Å². The van der Waals surface area contributed by atoms with Crippen LogP contribution < -0.4 is 10.6 Å². The third-order valence-electron chi connectivity index (χ3n) is 6.17. The van der Waals surface area contributed by atoms with Gasteiger partial charge in [0.1, 0.15) is 6.54 Å². The molecule has 1 aromatic carbocycles. The fraction of sp³-hybridized carbons (Fsp3) is 0.636. The second-order valence-electron chi connectivity index (χ2n) is 8.08. The minimum Gasteiger partial charge on any atom is -0.378 e. The zero-order chi connectivity index (χ0) is 20.0. The fourth-order valence-electron chi connectivity index (χ4n) is 4.22. The van der Waals surface area contributed by atoms with Crippen molar-refractivity contribution in [1.82, 2.24) is 15.5 Å². The first-order valence-corrected chi connectivity index (χ1v) is 10.5. The van der Waals surface area contributed by atoms with Crippen molar-refractivity contribution in [2.75, 3.05) is 33.8 Å². The van der Waals surface area contributed by atoms with Crippen molar-refractivity contribution in [3.8, 4) is 0 Å². The molecular weight excluding hydrogens is 479 g/mol. The molecular formula is C22H35IN4O2. The Labute approximate surface area is 191 Å². The highest BCUT2D eigenvalue weighted by Gasteiger charge is 2.59. The van der Waals surface area contributed by atoms with Crippen molar-refractivity contribution in [2.45, 2.75) is 51.2 Å². The SMILES string of the molecule is CCOC1CC(NC(=NCC(=O)N(C)C)NCCc2ccccc2)C12CCC2.I. The molecule has 2 N–H and O–H groups in total. The summed E-state index contributed by atoms with van der Waals surface area (Å²) in [6, 6.07) is 10.8. The summed E-state index contributed by atoms with van der Waals surface area (Å²) in [5.41, 5.74) is 1.54. The summed E-state index contributed by atoms with van der Waals surface area (Å²) in [6.07, 6.45) is 5.98. The molecule has 0 aromatic heterocycles. The van der Waals surface area contributed by atoms with Gasteiger partial charge < -0.3 is 20.3 Å². The first-order valence-electron chi connectivity index (χ1n) is 10.5. The first kappa shape index (κ1) is 23.9. The van der Waals surface area contributed by atoms with Gasteiger partial charge in [-0.2, -0.15) is 0 Å². The van der Waals surface area contributed by atoms with Gasteiger partial charge in [0, 0.05) is 38.7 Å². The maximum absolute atomic E-state index is 12.0. The molecule has 0 radical (unpaired) electrons. The summed E-state index contributed by atoms with van der Waals surface area (Å²) in [5.74, 6) is 0.737. The van der Waals surface area contributed by atoms with E-state index in [9.17, 15) is 4.79 Å². The number of nitrogens with zero attached hydrogens (tertiary/aromatic N) is 2. The lowest BCUT2D eigenvalue weighted by Gasteiger charge is -2.61. The average molecular weight is 514 g/mol. The van der Waals surface area contributed by atoms with Crippen LogP contribution in [-0.4, -0.2) is 62.7 Å². The molecule has 1 amide bonds. The van der Waals surface area contributed by atoms with Crippen LogP contribution in [0.15, 0.2) is 35.3 Å². The van der Waals surface area contributed by atoms with Gasteiger partial charge in [0.2, 0.25) is 5.91 Å². The van der Waals surface area contributed by atoms with Crippen molar-refractivity contribution >= 4 is 35.8 Å². The quantitative estimate of drug-likeness (QED) is 0.318. The molecule has 1 aromatic rings. The summed E-state index contributed by atoms with van der Waals surface area (Å²) in [6.45, 7) is 3.77. The molecule has 6 nitrogen and oxygen atoms in total. The zero-order valence-corrected chi connectivity index (χ0v) is 20.1. The summed E-state index contributed by atoms with van der Waals surface area (Å²) >= 11 is 0. The molecule has 2 unspecified atom stereocenters. The Morgan fingerprint density at radius 1 is 1.28 bits per heavy atom. The average Bonchev–Trinajstić information content (AvgIpc) is 2.63. The van der Waals surface area contributed by atoms with Crippen LogP contribution in [0, 0.1) is 5.41 Å². The Bertz CT molecular complexity index is 677. The molecule has 0 saturated heterocycles. The summed E-state index contributed by atoms with van der Waals surface area (Å²) in [7, 11) is 3.52. The maximum atomic E-state index is 12.0. The minimum absolute atomic E-state index is 0. The summed E-state index contributed by atoms with van der Waals surface area (Å²) < 4.78 is 5.95. The molecule has 0 bridgehead atoms. The van der Waals surface area contributed by atoms with Gasteiger partial charge in [-0.1, -0.05) is 36.8 Å². The number of hydrogen-bond donors (Lipinski definition) is 2. The van der Waals surface area contributed by atoms with Gasteiger partial charge in [-0.3, -0.25) is 4.79 Å². The van der Waals surface area contributed by atoms with Crippen LogP contribution in [-0.2, 0) is 16.0 Å². The number of aliphatic imine (C=N–C) groups is 1. The highest BCUT2D eigenvalue weighted by molar-refractivity contribution is 14.0. The van der Waals surface area contributed by atoms with Crippen molar-refractivity contribution < 1.29 is 9.53 Å². The fourth-order valence-corrected chi connectivity index (χ4v) is 4.22. The standard InChI is InChI=1S/C22H34N4O2.HI/c1-4-28-19-15-18(22(19)12-8-13-22)25-21(24-16-20(27)26(2)3)23-14-11-17-9-6-5-7-10-17;/h5-7,9-10,18-19H,4,8,11-16H2,1-3H3,(H2,23,24,25);1H. The largest absolute Gasteiger partial charge is 0.378 e. The van der Waals surface area contributed by atoms with E-state index in [0.717, 1.165) is 32.0 Å². The summed E-state index contributed by atoms with van der Waals surface area (Å²) in [5, 5.41) is 7.03. The number of carbonyl (C=O) groups is 1. The van der Waals surface area contributed by atoms with Gasteiger partial charge in [-0.15, -0.1) is 24.0 Å². The van der Waals surface area contributed by atoms with Crippen LogP contribution in [0.3, 0.4) is 0 Å². The predicted molar refractivity (Wildman–Crippen MR) is 128 cm³/mol. The van der Waals surface area contributed by atoms with Gasteiger partial charge >= 0.3 is 0 Å². The molecule has 3 rings (SSSR count). The third kappa shape index (κ3) is 5.84. The highest BCUT2D eigenvalue weighted by atomic mass is 127. The molecule has 0 aliphatic heterocycles. The monoisotopic (exact) mass is 514 g/mol. The topological polar surface area (TPSA) is 66.0 Å². The number of ether oxygens (including phenoxy) is 1. The Morgan fingerprint density at radius 3 is 2.59 bits per heavy atom. The third-order valence-corrected chi connectivity index (χ3v) is 6.17. The number of nitrogens with one attached hydrogen (secondary N) is 2. The van der Waals surface area contributed by atoms with Crippen molar-refractivity contribution in [3.63, 3.8) is 0 Å². The van der Waals surface area contributed by atoms with Crippen LogP contribution in [0.2, 0.25) is 0 Å². The van der Waals surface area contributed by atoms with E-state index in [1.54, 1.807) is 19.0 Å². The Morgan fingerprint density at radius 2 is 2.00 bits per heavy atom. The van der Waals surface area contributed by atoms with E-state index >= 15 is 0 Å². The van der Waals surface area contributed by atoms with Crippen molar-refractivity contribution in [2.24, 2.45) is 10.4 Å². The number of amides is 1. The molecule has 0 heterocycles.